The van der Waals surface area contributed by atoms with E-state index in [0.29, 0.717) is 17.2 Å². The number of nitrogens with two attached hydrogens (primary N) is 1. The summed E-state index contributed by atoms with van der Waals surface area (Å²) in [5.74, 6) is 1.37. The van der Waals surface area contributed by atoms with E-state index < -0.39 is 24.3 Å². The molecule has 2 aliphatic rings. The first kappa shape index (κ1) is 15.5. The van der Waals surface area contributed by atoms with Crippen LogP contribution in [-0.2, 0) is 9.31 Å². The molecule has 1 saturated heterocycles. The first-order chi connectivity index (χ1) is 10.2. The lowest BCUT2D eigenvalue weighted by Gasteiger charge is -2.32. The maximum absolute atomic E-state index is 6.36. The van der Waals surface area contributed by atoms with E-state index in [1.54, 1.807) is 7.11 Å². The molecule has 0 radical (unpaired) electrons. The van der Waals surface area contributed by atoms with E-state index in [9.17, 15) is 0 Å². The molecule has 1 atom stereocenters. The van der Waals surface area contributed by atoms with E-state index in [0.717, 1.165) is 5.56 Å². The molecular weight excluding hydrogens is 285 g/mol. The average molecular weight is 307 g/mol. The highest BCUT2D eigenvalue weighted by atomic mass is 16.7. The van der Waals surface area contributed by atoms with E-state index in [2.05, 4.69) is 0 Å². The minimum atomic E-state index is -0.532. The zero-order valence-electron chi connectivity index (χ0n) is 13.6. The van der Waals surface area contributed by atoms with Gasteiger partial charge in [0.1, 0.15) is 0 Å². The minimum Gasteiger partial charge on any atom is -0.493 e. The summed E-state index contributed by atoms with van der Waals surface area (Å²) in [5, 5.41) is 0. The van der Waals surface area contributed by atoms with E-state index in [1.807, 2.05) is 39.8 Å². The largest absolute Gasteiger partial charge is 0.493 e. The van der Waals surface area contributed by atoms with Crippen LogP contribution in [0.15, 0.2) is 12.1 Å². The highest BCUT2D eigenvalue weighted by molar-refractivity contribution is 6.47. The van der Waals surface area contributed by atoms with Gasteiger partial charge < -0.3 is 29.3 Å². The number of benzene rings is 1. The van der Waals surface area contributed by atoms with Crippen LogP contribution in [0.3, 0.4) is 0 Å². The molecule has 3 rings (SSSR count). The molecule has 6 nitrogen and oxygen atoms in total. The molecule has 0 amide bonds. The monoisotopic (exact) mass is 307 g/mol. The summed E-state index contributed by atoms with van der Waals surface area (Å²) < 4.78 is 28.2. The third kappa shape index (κ3) is 2.33. The smallest absolute Gasteiger partial charge is 0.480 e. The van der Waals surface area contributed by atoms with Crippen molar-refractivity contribution in [1.29, 1.82) is 0 Å². The quantitative estimate of drug-likeness (QED) is 0.862. The zero-order valence-corrected chi connectivity index (χ0v) is 13.6. The second-order valence-corrected chi connectivity index (χ2v) is 6.61. The van der Waals surface area contributed by atoms with Gasteiger partial charge in [0.25, 0.3) is 0 Å². The molecule has 7 heteroatoms. The van der Waals surface area contributed by atoms with Gasteiger partial charge in [-0.05, 0) is 45.4 Å². The van der Waals surface area contributed by atoms with Crippen molar-refractivity contribution < 1.29 is 23.5 Å². The second-order valence-electron chi connectivity index (χ2n) is 6.61. The minimum absolute atomic E-state index is 0.181. The maximum atomic E-state index is 6.36. The van der Waals surface area contributed by atoms with Crippen LogP contribution < -0.4 is 19.9 Å². The molecule has 2 N–H and O–H groups in total. The summed E-state index contributed by atoms with van der Waals surface area (Å²) in [6, 6.07) is 3.68. The topological polar surface area (TPSA) is 72.2 Å². The third-order valence-corrected chi connectivity index (χ3v) is 4.63. The van der Waals surface area contributed by atoms with Crippen LogP contribution in [0.1, 0.15) is 39.2 Å². The van der Waals surface area contributed by atoms with Gasteiger partial charge in [0, 0.05) is 0 Å². The van der Waals surface area contributed by atoms with Gasteiger partial charge in [-0.1, -0.05) is 0 Å². The first-order valence-electron chi connectivity index (χ1n) is 7.34. The Morgan fingerprint density at radius 2 is 1.77 bits per heavy atom. The van der Waals surface area contributed by atoms with Crippen LogP contribution in [-0.4, -0.2) is 32.2 Å². The van der Waals surface area contributed by atoms with Crippen LogP contribution in [0.4, 0.5) is 0 Å². The maximum Gasteiger partial charge on any atom is 0.480 e. The molecule has 1 fully saturated rings. The molecule has 0 spiro atoms. The normalized spacial score (nSPS) is 22.7. The van der Waals surface area contributed by atoms with Gasteiger partial charge in [-0.25, -0.2) is 0 Å². The van der Waals surface area contributed by atoms with Crippen molar-refractivity contribution in [1.82, 2.24) is 0 Å². The molecular formula is C15H22BNO5. The van der Waals surface area contributed by atoms with Crippen LogP contribution >= 0.6 is 0 Å². The van der Waals surface area contributed by atoms with Crippen molar-refractivity contribution in [3.05, 3.63) is 17.7 Å². The number of ether oxygens (including phenoxy) is 3. The summed E-state index contributed by atoms with van der Waals surface area (Å²) in [5.41, 5.74) is 6.34. The lowest BCUT2D eigenvalue weighted by Crippen LogP contribution is -2.41. The summed E-state index contributed by atoms with van der Waals surface area (Å²) in [7, 11) is 1.05. The molecule has 0 aliphatic carbocycles. The standard InChI is InChI=1S/C15H22BNO5/c1-14(2)15(3,4)22-16(21-14)13(17)9-6-10(18-5)12-11(7-9)19-8-20-12/h6-7,13H,8,17H2,1-5H3/t13-/m1/s1. The molecule has 0 aromatic heterocycles. The predicted octanol–water partition coefficient (Wildman–Crippen LogP) is 2.06. The number of methoxy groups -OCH3 is 1. The fourth-order valence-corrected chi connectivity index (χ4v) is 2.53. The lowest BCUT2D eigenvalue weighted by molar-refractivity contribution is 0.00578. The van der Waals surface area contributed by atoms with Crippen molar-refractivity contribution in [3.63, 3.8) is 0 Å². The molecule has 1 aromatic carbocycles. The number of rotatable bonds is 3. The Balaban J connectivity index is 1.89. The molecule has 22 heavy (non-hydrogen) atoms. The summed E-state index contributed by atoms with van der Waals surface area (Å²) in [4.78, 5) is 0. The van der Waals surface area contributed by atoms with Crippen LogP contribution in [0.2, 0.25) is 0 Å². The van der Waals surface area contributed by atoms with Gasteiger partial charge in [-0.3, -0.25) is 0 Å². The number of fused-ring (bicyclic) bond motifs is 1. The van der Waals surface area contributed by atoms with E-state index >= 15 is 0 Å². The van der Waals surface area contributed by atoms with Crippen LogP contribution in [0, 0.1) is 0 Å². The molecule has 2 heterocycles. The van der Waals surface area contributed by atoms with Crippen LogP contribution in [0.5, 0.6) is 17.2 Å². The SMILES string of the molecule is COc1cc([C@@H](N)B2OC(C)(C)C(C)(C)O2)cc2c1OCO2. The molecule has 0 bridgehead atoms. The van der Waals surface area contributed by atoms with Gasteiger partial charge in [-0.15, -0.1) is 0 Å². The molecule has 120 valence electrons. The van der Waals surface area contributed by atoms with Crippen LogP contribution in [0.25, 0.3) is 0 Å². The Morgan fingerprint density at radius 1 is 1.14 bits per heavy atom. The Kier molecular flexibility index (Phi) is 3.54. The van der Waals surface area contributed by atoms with Gasteiger partial charge in [0.15, 0.2) is 11.5 Å². The zero-order chi connectivity index (χ0) is 16.1. The summed E-state index contributed by atoms with van der Waals surface area (Å²) in [6.45, 7) is 8.18. The van der Waals surface area contributed by atoms with Gasteiger partial charge in [0.05, 0.1) is 24.3 Å². The fourth-order valence-electron chi connectivity index (χ4n) is 2.53. The Bertz CT molecular complexity index is 574. The van der Waals surface area contributed by atoms with Crippen molar-refractivity contribution >= 4 is 7.12 Å². The van der Waals surface area contributed by atoms with Crippen molar-refractivity contribution in [2.24, 2.45) is 5.73 Å². The highest BCUT2D eigenvalue weighted by Crippen LogP contribution is 2.45. The highest BCUT2D eigenvalue weighted by Gasteiger charge is 2.53. The molecule has 1 aromatic rings. The van der Waals surface area contributed by atoms with E-state index in [-0.39, 0.29) is 6.79 Å². The summed E-state index contributed by atoms with van der Waals surface area (Å²) in [6.07, 6.45) is 0. The van der Waals surface area contributed by atoms with Gasteiger partial charge in [-0.2, -0.15) is 0 Å². The molecule has 0 unspecified atom stereocenters. The molecule has 2 aliphatic heterocycles. The second kappa shape index (κ2) is 5.04. The predicted molar refractivity (Wildman–Crippen MR) is 82.1 cm³/mol. The first-order valence-corrected chi connectivity index (χ1v) is 7.34. The fraction of sp³-hybridized carbons (Fsp3) is 0.600. The van der Waals surface area contributed by atoms with Crippen molar-refractivity contribution in [2.45, 2.75) is 44.8 Å². The van der Waals surface area contributed by atoms with Gasteiger partial charge >= 0.3 is 7.12 Å². The molecule has 0 saturated carbocycles. The van der Waals surface area contributed by atoms with Crippen molar-refractivity contribution in [2.75, 3.05) is 13.9 Å². The Labute approximate surface area is 131 Å². The van der Waals surface area contributed by atoms with Crippen molar-refractivity contribution in [3.8, 4) is 17.2 Å². The third-order valence-electron chi connectivity index (χ3n) is 4.63. The Morgan fingerprint density at radius 3 is 2.36 bits per heavy atom. The number of hydrogen-bond acceptors (Lipinski definition) is 6. The van der Waals surface area contributed by atoms with E-state index in [1.165, 1.54) is 0 Å². The Hall–Kier alpha value is -1.44. The average Bonchev–Trinajstić information content (AvgIpc) is 2.99. The number of hydrogen-bond donors (Lipinski definition) is 1. The van der Waals surface area contributed by atoms with E-state index in [4.69, 9.17) is 29.3 Å². The van der Waals surface area contributed by atoms with Gasteiger partial charge in [0.2, 0.25) is 12.5 Å². The lowest BCUT2D eigenvalue weighted by atomic mass is 9.75. The summed E-state index contributed by atoms with van der Waals surface area (Å²) >= 11 is 0.